The molecule has 1 saturated heterocycles. The zero-order valence-corrected chi connectivity index (χ0v) is 11.8. The van der Waals surface area contributed by atoms with Gasteiger partial charge >= 0.3 is 0 Å². The molecule has 1 heterocycles. The molecular formula is C14H23N3O2. The molecule has 0 radical (unpaired) electrons. The van der Waals surface area contributed by atoms with Crippen LogP contribution in [-0.2, 0) is 9.53 Å². The highest BCUT2D eigenvalue weighted by Gasteiger charge is 2.32. The van der Waals surface area contributed by atoms with Crippen molar-refractivity contribution in [3.05, 3.63) is 0 Å². The van der Waals surface area contributed by atoms with E-state index in [1.54, 1.807) is 0 Å². The summed E-state index contributed by atoms with van der Waals surface area (Å²) in [5.74, 6) is 0.173. The molecule has 1 aliphatic carbocycles. The molecule has 0 N–H and O–H groups in total. The van der Waals surface area contributed by atoms with Crippen LogP contribution in [0, 0.1) is 11.3 Å². The van der Waals surface area contributed by atoms with Crippen LogP contribution in [0.5, 0.6) is 0 Å². The van der Waals surface area contributed by atoms with Gasteiger partial charge in [-0.15, -0.1) is 0 Å². The van der Waals surface area contributed by atoms with Gasteiger partial charge in [0.15, 0.2) is 0 Å². The molecule has 0 aromatic rings. The van der Waals surface area contributed by atoms with Crippen LogP contribution in [0.3, 0.4) is 0 Å². The summed E-state index contributed by atoms with van der Waals surface area (Å²) >= 11 is 0. The fourth-order valence-electron chi connectivity index (χ4n) is 2.68. The average Bonchev–Trinajstić information content (AvgIpc) is 3.17. The van der Waals surface area contributed by atoms with Crippen LogP contribution in [0.25, 0.3) is 0 Å². The number of amides is 1. The largest absolute Gasteiger partial charge is 0.372 e. The first-order valence-electron chi connectivity index (χ1n) is 7.14. The standard InChI is InChI=1S/C14H23N3O2/c1-11-8-17(9-12(2)19-11)14(18)10-16(7-3-6-15)13-4-5-13/h11-13H,3-5,7-10H2,1-2H3. The fourth-order valence-corrected chi connectivity index (χ4v) is 2.68. The Labute approximate surface area is 115 Å². The SMILES string of the molecule is CC1CN(C(=O)CN(CCC#N)C2CC2)CC(C)O1. The van der Waals surface area contributed by atoms with Gasteiger partial charge in [0.25, 0.3) is 0 Å². The molecule has 2 atom stereocenters. The van der Waals surface area contributed by atoms with E-state index in [0.29, 0.717) is 38.6 Å². The molecule has 0 aromatic carbocycles. The van der Waals surface area contributed by atoms with Crippen LogP contribution < -0.4 is 0 Å². The minimum atomic E-state index is 0.112. The normalized spacial score (nSPS) is 27.4. The van der Waals surface area contributed by atoms with E-state index in [-0.39, 0.29) is 18.1 Å². The van der Waals surface area contributed by atoms with Crippen molar-refractivity contribution < 1.29 is 9.53 Å². The zero-order valence-electron chi connectivity index (χ0n) is 11.8. The Morgan fingerprint density at radius 1 is 1.37 bits per heavy atom. The predicted octanol–water partition coefficient (Wildman–Crippen LogP) is 1.00. The minimum absolute atomic E-state index is 0.112. The smallest absolute Gasteiger partial charge is 0.236 e. The second-order valence-corrected chi connectivity index (χ2v) is 5.67. The van der Waals surface area contributed by atoms with E-state index in [1.807, 2.05) is 18.7 Å². The van der Waals surface area contributed by atoms with Gasteiger partial charge in [-0.25, -0.2) is 0 Å². The van der Waals surface area contributed by atoms with Crippen LogP contribution >= 0.6 is 0 Å². The maximum Gasteiger partial charge on any atom is 0.236 e. The van der Waals surface area contributed by atoms with Crippen molar-refractivity contribution in [2.75, 3.05) is 26.2 Å². The van der Waals surface area contributed by atoms with Crippen LogP contribution in [-0.4, -0.2) is 60.1 Å². The average molecular weight is 265 g/mol. The summed E-state index contributed by atoms with van der Waals surface area (Å²) < 4.78 is 5.65. The summed E-state index contributed by atoms with van der Waals surface area (Å²) in [6.07, 6.45) is 3.05. The van der Waals surface area contributed by atoms with Crippen molar-refractivity contribution >= 4 is 5.91 Å². The van der Waals surface area contributed by atoms with E-state index in [2.05, 4.69) is 11.0 Å². The monoisotopic (exact) mass is 265 g/mol. The molecule has 0 spiro atoms. The van der Waals surface area contributed by atoms with Crippen LogP contribution in [0.1, 0.15) is 33.1 Å². The lowest BCUT2D eigenvalue weighted by molar-refractivity contribution is -0.144. The lowest BCUT2D eigenvalue weighted by Crippen LogP contribution is -2.51. The zero-order chi connectivity index (χ0) is 13.8. The van der Waals surface area contributed by atoms with Crippen molar-refractivity contribution in [2.45, 2.75) is 51.4 Å². The molecular weight excluding hydrogens is 242 g/mol. The molecule has 106 valence electrons. The molecule has 5 nitrogen and oxygen atoms in total. The summed E-state index contributed by atoms with van der Waals surface area (Å²) in [7, 11) is 0. The van der Waals surface area contributed by atoms with E-state index < -0.39 is 0 Å². The molecule has 5 heteroatoms. The third kappa shape index (κ3) is 4.19. The van der Waals surface area contributed by atoms with Crippen LogP contribution in [0.4, 0.5) is 0 Å². The van der Waals surface area contributed by atoms with E-state index >= 15 is 0 Å². The Morgan fingerprint density at radius 3 is 2.53 bits per heavy atom. The number of rotatable bonds is 5. The highest BCUT2D eigenvalue weighted by Crippen LogP contribution is 2.27. The second-order valence-electron chi connectivity index (χ2n) is 5.67. The Morgan fingerprint density at radius 2 is 2.00 bits per heavy atom. The Hall–Kier alpha value is -1.12. The van der Waals surface area contributed by atoms with Gasteiger partial charge < -0.3 is 9.64 Å². The van der Waals surface area contributed by atoms with Crippen molar-refractivity contribution in [3.8, 4) is 6.07 Å². The summed E-state index contributed by atoms with van der Waals surface area (Å²) in [6, 6.07) is 2.68. The molecule has 1 aliphatic heterocycles. The van der Waals surface area contributed by atoms with Gasteiger partial charge in [0.2, 0.25) is 5.91 Å². The molecule has 0 aromatic heterocycles. The molecule has 19 heavy (non-hydrogen) atoms. The van der Waals surface area contributed by atoms with Crippen molar-refractivity contribution in [1.82, 2.24) is 9.80 Å². The van der Waals surface area contributed by atoms with E-state index in [1.165, 1.54) is 0 Å². The van der Waals surface area contributed by atoms with Gasteiger partial charge in [0.05, 0.1) is 24.8 Å². The Balaban J connectivity index is 1.86. The first kappa shape index (κ1) is 14.3. The lowest BCUT2D eigenvalue weighted by Gasteiger charge is -2.36. The Bertz CT molecular complexity index is 352. The third-order valence-electron chi connectivity index (χ3n) is 3.68. The number of hydrogen-bond acceptors (Lipinski definition) is 4. The van der Waals surface area contributed by atoms with Crippen LogP contribution in [0.2, 0.25) is 0 Å². The van der Waals surface area contributed by atoms with Gasteiger partial charge in [0.1, 0.15) is 0 Å². The number of nitriles is 1. The molecule has 2 rings (SSSR count). The van der Waals surface area contributed by atoms with Gasteiger partial charge in [-0.3, -0.25) is 9.69 Å². The second kappa shape index (κ2) is 6.36. The lowest BCUT2D eigenvalue weighted by atomic mass is 10.2. The van der Waals surface area contributed by atoms with E-state index in [9.17, 15) is 4.79 Å². The molecule has 0 bridgehead atoms. The number of hydrogen-bond donors (Lipinski definition) is 0. The van der Waals surface area contributed by atoms with Gasteiger partial charge in [-0.1, -0.05) is 0 Å². The van der Waals surface area contributed by atoms with Crippen molar-refractivity contribution in [1.29, 1.82) is 5.26 Å². The number of carbonyl (C=O) groups excluding carboxylic acids is 1. The van der Waals surface area contributed by atoms with Crippen LogP contribution in [0.15, 0.2) is 0 Å². The summed E-state index contributed by atoms with van der Waals surface area (Å²) in [5.41, 5.74) is 0. The molecule has 2 fully saturated rings. The maximum atomic E-state index is 12.3. The molecule has 1 saturated carbocycles. The maximum absolute atomic E-state index is 12.3. The van der Waals surface area contributed by atoms with E-state index in [4.69, 9.17) is 10.00 Å². The van der Waals surface area contributed by atoms with Gasteiger partial charge in [0, 0.05) is 32.1 Å². The van der Waals surface area contributed by atoms with E-state index in [0.717, 1.165) is 12.8 Å². The number of carbonyl (C=O) groups is 1. The molecule has 2 unspecified atom stereocenters. The number of morpholine rings is 1. The fraction of sp³-hybridized carbons (Fsp3) is 0.857. The van der Waals surface area contributed by atoms with Crippen molar-refractivity contribution in [2.24, 2.45) is 0 Å². The molecule has 1 amide bonds. The highest BCUT2D eigenvalue weighted by molar-refractivity contribution is 5.78. The number of nitrogens with zero attached hydrogens (tertiary/aromatic N) is 3. The first-order chi connectivity index (χ1) is 9.10. The Kier molecular flexibility index (Phi) is 4.78. The minimum Gasteiger partial charge on any atom is -0.372 e. The van der Waals surface area contributed by atoms with Gasteiger partial charge in [-0.05, 0) is 26.7 Å². The first-order valence-corrected chi connectivity index (χ1v) is 7.14. The highest BCUT2D eigenvalue weighted by atomic mass is 16.5. The number of ether oxygens (including phenoxy) is 1. The molecule has 2 aliphatic rings. The third-order valence-corrected chi connectivity index (χ3v) is 3.68. The van der Waals surface area contributed by atoms with Gasteiger partial charge in [-0.2, -0.15) is 5.26 Å². The topological polar surface area (TPSA) is 56.6 Å². The quantitative estimate of drug-likeness (QED) is 0.744. The summed E-state index contributed by atoms with van der Waals surface area (Å²) in [4.78, 5) is 16.4. The van der Waals surface area contributed by atoms with Crippen molar-refractivity contribution in [3.63, 3.8) is 0 Å². The summed E-state index contributed by atoms with van der Waals surface area (Å²) in [5, 5.41) is 8.68. The predicted molar refractivity (Wildman–Crippen MR) is 71.4 cm³/mol. The summed E-state index contributed by atoms with van der Waals surface area (Å²) in [6.45, 7) is 6.53.